The molecular formula is C14H17N3O4S. The summed E-state index contributed by atoms with van der Waals surface area (Å²) in [5, 5.41) is 11.4. The zero-order chi connectivity index (χ0) is 16.5. The Kier molecular flexibility index (Phi) is 4.32. The summed E-state index contributed by atoms with van der Waals surface area (Å²) in [7, 11) is 0. The lowest BCUT2D eigenvalue weighted by molar-refractivity contribution is -0.137. The number of nitrogens with zero attached hydrogens (tertiary/aromatic N) is 2. The summed E-state index contributed by atoms with van der Waals surface area (Å²) in [5.74, 6) is -1.48. The van der Waals surface area contributed by atoms with Crippen LogP contribution < -0.4 is 10.9 Å². The summed E-state index contributed by atoms with van der Waals surface area (Å²) in [5.41, 5.74) is -1.22. The van der Waals surface area contributed by atoms with E-state index in [1.165, 1.54) is 21.9 Å². The van der Waals surface area contributed by atoms with E-state index in [9.17, 15) is 14.4 Å². The van der Waals surface area contributed by atoms with E-state index in [0.717, 1.165) is 4.88 Å². The van der Waals surface area contributed by atoms with E-state index in [-0.39, 0.29) is 18.4 Å². The highest BCUT2D eigenvalue weighted by Gasteiger charge is 2.24. The van der Waals surface area contributed by atoms with Gasteiger partial charge in [-0.05, 0) is 27.2 Å². The summed E-state index contributed by atoms with van der Waals surface area (Å²) in [4.78, 5) is 40.8. The standard InChI is InChI=1S/C14H17N3O4S/c1-8-7-17-12(21)9(6-15-13(17)22-8)11(20)16-14(2,3)5-4-10(18)19/h6-7H,4-5H2,1-3H3,(H,16,20)(H,18,19). The molecule has 22 heavy (non-hydrogen) atoms. The Balaban J connectivity index is 2.24. The van der Waals surface area contributed by atoms with Crippen LogP contribution in [0.15, 0.2) is 17.2 Å². The maximum absolute atomic E-state index is 12.3. The second kappa shape index (κ2) is 5.88. The molecule has 0 spiro atoms. The molecule has 0 fully saturated rings. The molecule has 0 aliphatic rings. The fourth-order valence-corrected chi connectivity index (χ4v) is 2.79. The molecule has 2 N–H and O–H groups in total. The summed E-state index contributed by atoms with van der Waals surface area (Å²) < 4.78 is 1.35. The van der Waals surface area contributed by atoms with Crippen LogP contribution in [-0.2, 0) is 4.79 Å². The molecule has 7 nitrogen and oxygen atoms in total. The first-order valence-corrected chi connectivity index (χ1v) is 7.53. The fourth-order valence-electron chi connectivity index (χ4n) is 2.01. The lowest BCUT2D eigenvalue weighted by Crippen LogP contribution is -2.45. The Morgan fingerprint density at radius 3 is 2.77 bits per heavy atom. The van der Waals surface area contributed by atoms with Crippen LogP contribution >= 0.6 is 11.3 Å². The number of aliphatic carboxylic acids is 1. The first-order chi connectivity index (χ1) is 10.2. The average Bonchev–Trinajstić information content (AvgIpc) is 2.78. The molecule has 8 heteroatoms. The van der Waals surface area contributed by atoms with Crippen molar-refractivity contribution in [2.75, 3.05) is 0 Å². The number of thiazole rings is 1. The van der Waals surface area contributed by atoms with Crippen LogP contribution in [0.25, 0.3) is 4.96 Å². The van der Waals surface area contributed by atoms with Gasteiger partial charge in [-0.2, -0.15) is 0 Å². The van der Waals surface area contributed by atoms with Crippen LogP contribution in [0.3, 0.4) is 0 Å². The highest BCUT2D eigenvalue weighted by atomic mass is 32.1. The molecule has 0 radical (unpaired) electrons. The zero-order valence-corrected chi connectivity index (χ0v) is 13.4. The number of hydrogen-bond donors (Lipinski definition) is 2. The lowest BCUT2D eigenvalue weighted by Gasteiger charge is -2.25. The molecule has 0 aliphatic carbocycles. The van der Waals surface area contributed by atoms with Gasteiger partial charge >= 0.3 is 5.97 Å². The Bertz CT molecular complexity index is 791. The Morgan fingerprint density at radius 2 is 2.14 bits per heavy atom. The van der Waals surface area contributed by atoms with E-state index in [1.807, 2.05) is 6.92 Å². The smallest absolute Gasteiger partial charge is 0.303 e. The first-order valence-electron chi connectivity index (χ1n) is 6.72. The van der Waals surface area contributed by atoms with E-state index < -0.39 is 23.0 Å². The number of amides is 1. The molecule has 0 saturated heterocycles. The largest absolute Gasteiger partial charge is 0.481 e. The summed E-state index contributed by atoms with van der Waals surface area (Å²) in [6.45, 7) is 5.28. The summed E-state index contributed by atoms with van der Waals surface area (Å²) in [6, 6.07) is 0. The van der Waals surface area contributed by atoms with Gasteiger partial charge in [0.1, 0.15) is 5.56 Å². The van der Waals surface area contributed by atoms with E-state index in [1.54, 1.807) is 20.0 Å². The normalized spacial score (nSPS) is 11.6. The molecule has 2 rings (SSSR count). The first kappa shape index (κ1) is 16.2. The van der Waals surface area contributed by atoms with Crippen molar-refractivity contribution in [3.63, 3.8) is 0 Å². The molecule has 0 aliphatic heterocycles. The van der Waals surface area contributed by atoms with Crippen molar-refractivity contribution in [1.29, 1.82) is 0 Å². The van der Waals surface area contributed by atoms with Crippen molar-refractivity contribution in [3.05, 3.63) is 33.2 Å². The molecular weight excluding hydrogens is 306 g/mol. The number of fused-ring (bicyclic) bond motifs is 1. The van der Waals surface area contributed by atoms with Gasteiger partial charge in [0.15, 0.2) is 4.96 Å². The van der Waals surface area contributed by atoms with Crippen molar-refractivity contribution in [3.8, 4) is 0 Å². The van der Waals surface area contributed by atoms with Crippen LogP contribution in [0.5, 0.6) is 0 Å². The van der Waals surface area contributed by atoms with Crippen LogP contribution in [-0.4, -0.2) is 31.9 Å². The van der Waals surface area contributed by atoms with Crippen molar-refractivity contribution in [2.24, 2.45) is 0 Å². The molecule has 1 amide bonds. The number of carbonyl (C=O) groups is 2. The summed E-state index contributed by atoms with van der Waals surface area (Å²) in [6.07, 6.45) is 3.10. The maximum Gasteiger partial charge on any atom is 0.303 e. The van der Waals surface area contributed by atoms with E-state index in [2.05, 4.69) is 10.3 Å². The number of rotatable bonds is 5. The number of carboxylic acid groups (broad SMARTS) is 1. The number of aryl methyl sites for hydroxylation is 1. The second-order valence-corrected chi connectivity index (χ2v) is 6.92. The molecule has 0 atom stereocenters. The van der Waals surface area contributed by atoms with E-state index in [0.29, 0.717) is 4.96 Å². The lowest BCUT2D eigenvalue weighted by atomic mass is 9.98. The van der Waals surface area contributed by atoms with Crippen LogP contribution in [0.4, 0.5) is 0 Å². The number of aromatic nitrogens is 2. The molecule has 118 valence electrons. The van der Waals surface area contributed by atoms with Gasteiger partial charge in [-0.15, -0.1) is 11.3 Å². The molecule has 2 aromatic heterocycles. The van der Waals surface area contributed by atoms with Gasteiger partial charge in [-0.3, -0.25) is 18.8 Å². The second-order valence-electron chi connectivity index (χ2n) is 5.70. The van der Waals surface area contributed by atoms with Gasteiger partial charge < -0.3 is 10.4 Å². The van der Waals surface area contributed by atoms with E-state index in [4.69, 9.17) is 5.11 Å². The molecule has 0 aromatic carbocycles. The molecule has 2 heterocycles. The predicted octanol–water partition coefficient (Wildman–Crippen LogP) is 1.44. The highest BCUT2D eigenvalue weighted by Crippen LogP contribution is 2.14. The zero-order valence-electron chi connectivity index (χ0n) is 12.5. The molecule has 2 aromatic rings. The number of nitrogens with one attached hydrogen (secondary N) is 1. The topological polar surface area (TPSA) is 101 Å². The molecule has 0 unspecified atom stereocenters. The Hall–Kier alpha value is -2.22. The van der Waals surface area contributed by atoms with Crippen LogP contribution in [0, 0.1) is 6.92 Å². The summed E-state index contributed by atoms with van der Waals surface area (Å²) >= 11 is 1.37. The van der Waals surface area contributed by atoms with Gasteiger partial charge in [0.05, 0.1) is 0 Å². The van der Waals surface area contributed by atoms with Crippen LogP contribution in [0.1, 0.15) is 41.9 Å². The number of carboxylic acids is 1. The predicted molar refractivity (Wildman–Crippen MR) is 82.5 cm³/mol. The van der Waals surface area contributed by atoms with Crippen LogP contribution in [0.2, 0.25) is 0 Å². The number of carbonyl (C=O) groups excluding carboxylic acids is 1. The van der Waals surface area contributed by atoms with Crippen molar-refractivity contribution in [1.82, 2.24) is 14.7 Å². The van der Waals surface area contributed by atoms with Crippen molar-refractivity contribution < 1.29 is 14.7 Å². The van der Waals surface area contributed by atoms with Crippen molar-refractivity contribution >= 4 is 28.2 Å². The third kappa shape index (κ3) is 3.51. The van der Waals surface area contributed by atoms with Gasteiger partial charge in [-0.1, -0.05) is 0 Å². The minimum Gasteiger partial charge on any atom is -0.481 e. The Labute approximate surface area is 130 Å². The third-order valence-electron chi connectivity index (χ3n) is 3.18. The SMILES string of the molecule is Cc1cn2c(=O)c(C(=O)NC(C)(C)CCC(=O)O)cnc2s1. The Morgan fingerprint density at radius 1 is 1.45 bits per heavy atom. The van der Waals surface area contributed by atoms with E-state index >= 15 is 0 Å². The average molecular weight is 323 g/mol. The monoisotopic (exact) mass is 323 g/mol. The third-order valence-corrected chi connectivity index (χ3v) is 4.10. The van der Waals surface area contributed by atoms with Gasteiger partial charge in [0, 0.05) is 29.2 Å². The molecule has 0 saturated carbocycles. The minimum absolute atomic E-state index is 0.0568. The van der Waals surface area contributed by atoms with Gasteiger partial charge in [0.2, 0.25) is 0 Å². The minimum atomic E-state index is -0.931. The van der Waals surface area contributed by atoms with Gasteiger partial charge in [-0.25, -0.2) is 4.98 Å². The number of hydrogen-bond acceptors (Lipinski definition) is 5. The highest BCUT2D eigenvalue weighted by molar-refractivity contribution is 7.16. The van der Waals surface area contributed by atoms with Crippen molar-refractivity contribution in [2.45, 2.75) is 39.2 Å². The fraction of sp³-hybridized carbons (Fsp3) is 0.429. The molecule has 0 bridgehead atoms. The van der Waals surface area contributed by atoms with Gasteiger partial charge in [0.25, 0.3) is 11.5 Å². The maximum atomic E-state index is 12.3. The quantitative estimate of drug-likeness (QED) is 0.867.